The quantitative estimate of drug-likeness (QED) is 0.646. The second-order valence-electron chi connectivity index (χ2n) is 8.68. The van der Waals surface area contributed by atoms with Crippen LogP contribution in [0.1, 0.15) is 35.3 Å². The van der Waals surface area contributed by atoms with E-state index in [4.69, 9.17) is 5.73 Å². The summed E-state index contributed by atoms with van der Waals surface area (Å²) in [7, 11) is 0. The molecule has 0 spiro atoms. The van der Waals surface area contributed by atoms with Gasteiger partial charge in [0, 0.05) is 28.8 Å². The number of primary amides is 1. The molecule has 1 aliphatic carbocycles. The van der Waals surface area contributed by atoms with E-state index in [2.05, 4.69) is 10.3 Å². The number of carbonyl (C=O) groups excluding carboxylic acids is 3. The highest BCUT2D eigenvalue weighted by atomic mass is 16.2. The molecule has 5 rings (SSSR count). The van der Waals surface area contributed by atoms with Gasteiger partial charge in [0.1, 0.15) is 18.4 Å². The van der Waals surface area contributed by atoms with E-state index in [-0.39, 0.29) is 30.3 Å². The first-order chi connectivity index (χ1) is 15.4. The van der Waals surface area contributed by atoms with E-state index in [1.807, 2.05) is 43.3 Å². The maximum atomic E-state index is 13.4. The van der Waals surface area contributed by atoms with Gasteiger partial charge in [0.05, 0.1) is 5.56 Å². The summed E-state index contributed by atoms with van der Waals surface area (Å²) in [5.74, 6) is -0.218. The number of nitrogens with one attached hydrogen (secondary N) is 1. The average Bonchev–Trinajstić information content (AvgIpc) is 3.47. The molecule has 3 heterocycles. The van der Waals surface area contributed by atoms with Gasteiger partial charge in [0.15, 0.2) is 0 Å². The van der Waals surface area contributed by atoms with Gasteiger partial charge in [0.25, 0.3) is 5.91 Å². The van der Waals surface area contributed by atoms with E-state index in [9.17, 15) is 14.4 Å². The molecule has 3 amide bonds. The molecule has 3 N–H and O–H groups in total. The molecule has 1 unspecified atom stereocenters. The van der Waals surface area contributed by atoms with Crippen molar-refractivity contribution in [1.29, 1.82) is 0 Å². The summed E-state index contributed by atoms with van der Waals surface area (Å²) in [5, 5.41) is 3.61. The highest BCUT2D eigenvalue weighted by molar-refractivity contribution is 6.06. The number of aromatic nitrogens is 2. The third-order valence-electron chi connectivity index (χ3n) is 6.64. The Morgan fingerprint density at radius 1 is 1.12 bits per heavy atom. The van der Waals surface area contributed by atoms with Crippen molar-refractivity contribution in [1.82, 2.24) is 14.5 Å². The maximum absolute atomic E-state index is 13.4. The number of piperidine rings is 1. The summed E-state index contributed by atoms with van der Waals surface area (Å²) in [5.41, 5.74) is 7.50. The van der Waals surface area contributed by atoms with Crippen LogP contribution < -0.4 is 11.1 Å². The number of rotatable bonds is 5. The van der Waals surface area contributed by atoms with Gasteiger partial charge >= 0.3 is 0 Å². The number of amides is 3. The Kier molecular flexibility index (Phi) is 4.92. The fourth-order valence-electron chi connectivity index (χ4n) is 5.30. The third-order valence-corrected chi connectivity index (χ3v) is 6.64. The molecular formula is C24H25N5O3. The van der Waals surface area contributed by atoms with Crippen LogP contribution in [0.15, 0.2) is 48.7 Å². The zero-order valence-electron chi connectivity index (χ0n) is 17.8. The van der Waals surface area contributed by atoms with Gasteiger partial charge in [-0.15, -0.1) is 0 Å². The molecule has 2 fully saturated rings. The Morgan fingerprint density at radius 3 is 2.72 bits per heavy atom. The van der Waals surface area contributed by atoms with E-state index in [0.717, 1.165) is 35.9 Å². The van der Waals surface area contributed by atoms with E-state index >= 15 is 0 Å². The van der Waals surface area contributed by atoms with Crippen LogP contribution in [0.4, 0.5) is 5.82 Å². The summed E-state index contributed by atoms with van der Waals surface area (Å²) in [4.78, 5) is 44.6. The molecule has 164 valence electrons. The lowest BCUT2D eigenvalue weighted by Crippen LogP contribution is -2.51. The lowest BCUT2D eigenvalue weighted by atomic mass is 9.97. The number of para-hydroxylation sites is 1. The number of likely N-dealkylation sites (tertiary alicyclic amines) is 1. The molecular weight excluding hydrogens is 406 g/mol. The first kappa shape index (κ1) is 20.2. The third kappa shape index (κ3) is 3.41. The number of carbonyl (C=O) groups is 3. The van der Waals surface area contributed by atoms with Crippen LogP contribution in [0.3, 0.4) is 0 Å². The number of pyridine rings is 1. The fraction of sp³-hybridized carbons (Fsp3) is 0.333. The number of hydrogen-bond donors (Lipinski definition) is 2. The molecule has 2 bridgehead atoms. The van der Waals surface area contributed by atoms with Crippen molar-refractivity contribution in [2.24, 2.45) is 11.7 Å². The maximum Gasteiger partial charge on any atom is 0.250 e. The Hall–Kier alpha value is -3.68. The van der Waals surface area contributed by atoms with Crippen LogP contribution in [0.5, 0.6) is 0 Å². The highest BCUT2D eigenvalue weighted by Crippen LogP contribution is 2.43. The number of anilines is 1. The molecule has 2 aliphatic rings. The van der Waals surface area contributed by atoms with Crippen LogP contribution in [0, 0.1) is 12.8 Å². The zero-order valence-corrected chi connectivity index (χ0v) is 17.8. The number of benzene rings is 1. The lowest BCUT2D eigenvalue weighted by molar-refractivity contribution is -0.141. The van der Waals surface area contributed by atoms with Gasteiger partial charge in [-0.1, -0.05) is 24.3 Å². The summed E-state index contributed by atoms with van der Waals surface area (Å²) < 4.78 is 1.75. The first-order valence-electron chi connectivity index (χ1n) is 10.9. The van der Waals surface area contributed by atoms with Crippen LogP contribution >= 0.6 is 0 Å². The minimum atomic E-state index is -0.532. The van der Waals surface area contributed by atoms with Gasteiger partial charge in [-0.05, 0) is 50.3 Å². The van der Waals surface area contributed by atoms with E-state index in [0.29, 0.717) is 11.4 Å². The minimum absolute atomic E-state index is 0.0451. The normalized spacial score (nSPS) is 21.8. The van der Waals surface area contributed by atoms with E-state index in [1.165, 1.54) is 0 Å². The predicted molar refractivity (Wildman–Crippen MR) is 120 cm³/mol. The number of fused-ring (bicyclic) bond motifs is 3. The molecule has 3 atom stereocenters. The van der Waals surface area contributed by atoms with Gasteiger partial charge < -0.3 is 20.5 Å². The highest BCUT2D eigenvalue weighted by Gasteiger charge is 2.51. The average molecular weight is 431 g/mol. The van der Waals surface area contributed by atoms with Crippen molar-refractivity contribution in [2.45, 2.75) is 44.8 Å². The van der Waals surface area contributed by atoms with Crippen molar-refractivity contribution >= 4 is 34.4 Å². The molecule has 8 heteroatoms. The SMILES string of the molecule is Cc1cccc(NC(=O)C2[C@H]3CC[C@H](C3)N2C(=O)Cn2cc(C(N)=O)c3ccccc32)n1. The molecule has 1 saturated heterocycles. The Labute approximate surface area is 185 Å². The van der Waals surface area contributed by atoms with Crippen molar-refractivity contribution in [2.75, 3.05) is 5.32 Å². The number of hydrogen-bond acceptors (Lipinski definition) is 4. The molecule has 2 aromatic heterocycles. The van der Waals surface area contributed by atoms with Gasteiger partial charge in [-0.3, -0.25) is 14.4 Å². The second-order valence-corrected chi connectivity index (χ2v) is 8.68. The van der Waals surface area contributed by atoms with Gasteiger partial charge in [0.2, 0.25) is 11.8 Å². The van der Waals surface area contributed by atoms with Crippen molar-refractivity contribution in [3.05, 3.63) is 59.9 Å². The number of nitrogens with two attached hydrogens (primary N) is 1. The van der Waals surface area contributed by atoms with E-state index < -0.39 is 11.9 Å². The second kappa shape index (κ2) is 7.78. The largest absolute Gasteiger partial charge is 0.366 e. The summed E-state index contributed by atoms with van der Waals surface area (Å²) in [6.07, 6.45) is 4.31. The van der Waals surface area contributed by atoms with Crippen molar-refractivity contribution in [3.8, 4) is 0 Å². The van der Waals surface area contributed by atoms with Crippen LogP contribution in [0.2, 0.25) is 0 Å². The predicted octanol–water partition coefficient (Wildman–Crippen LogP) is 2.46. The first-order valence-corrected chi connectivity index (χ1v) is 10.9. The Balaban J connectivity index is 1.41. The van der Waals surface area contributed by atoms with Crippen LogP contribution in [-0.4, -0.2) is 44.3 Å². The fourth-order valence-corrected chi connectivity index (χ4v) is 5.30. The Bertz CT molecular complexity index is 1230. The molecule has 1 saturated carbocycles. The monoisotopic (exact) mass is 431 g/mol. The molecule has 1 aliphatic heterocycles. The topological polar surface area (TPSA) is 110 Å². The van der Waals surface area contributed by atoms with Crippen molar-refractivity contribution < 1.29 is 14.4 Å². The van der Waals surface area contributed by atoms with Crippen molar-refractivity contribution in [3.63, 3.8) is 0 Å². The summed E-state index contributed by atoms with van der Waals surface area (Å²) in [6.45, 7) is 1.91. The van der Waals surface area contributed by atoms with Gasteiger partial charge in [-0.2, -0.15) is 0 Å². The minimum Gasteiger partial charge on any atom is -0.366 e. The molecule has 32 heavy (non-hydrogen) atoms. The van der Waals surface area contributed by atoms with Crippen LogP contribution in [-0.2, 0) is 16.1 Å². The smallest absolute Gasteiger partial charge is 0.250 e. The van der Waals surface area contributed by atoms with Gasteiger partial charge in [-0.25, -0.2) is 4.98 Å². The number of aryl methyl sites for hydroxylation is 1. The zero-order chi connectivity index (χ0) is 22.4. The molecule has 1 aromatic carbocycles. The lowest BCUT2D eigenvalue weighted by Gasteiger charge is -2.34. The molecule has 0 radical (unpaired) electrons. The molecule has 8 nitrogen and oxygen atoms in total. The van der Waals surface area contributed by atoms with Crippen LogP contribution in [0.25, 0.3) is 10.9 Å². The summed E-state index contributed by atoms with van der Waals surface area (Å²) in [6, 6.07) is 12.4. The Morgan fingerprint density at radius 2 is 1.94 bits per heavy atom. The molecule has 3 aromatic rings. The summed E-state index contributed by atoms with van der Waals surface area (Å²) >= 11 is 0. The van der Waals surface area contributed by atoms with E-state index in [1.54, 1.807) is 21.7 Å². The standard InChI is InChI=1S/C24H25N5O3/c1-14-5-4-8-20(26-14)27-24(32)22-15-9-10-16(11-15)29(22)21(30)13-28-12-18(23(25)31)17-6-2-3-7-19(17)28/h2-8,12,15-16,22H,9-11,13H2,1H3,(H2,25,31)(H,26,27,32)/t15-,16+,22?/m0/s1. The number of nitrogens with zero attached hydrogens (tertiary/aromatic N) is 3.